The molecule has 0 saturated carbocycles. The number of carbonyl (C=O) groups excluding carboxylic acids is 4. The molecule has 0 aliphatic carbocycles. The Labute approximate surface area is 384 Å². The van der Waals surface area contributed by atoms with Crippen LogP contribution in [0.15, 0.2) is 140 Å². The predicted octanol–water partition coefficient (Wildman–Crippen LogP) is 5.58. The van der Waals surface area contributed by atoms with Crippen LogP contribution in [0.2, 0.25) is 0 Å². The summed E-state index contributed by atoms with van der Waals surface area (Å²) in [5, 5.41) is 36.0. The summed E-state index contributed by atoms with van der Waals surface area (Å²) in [6.45, 7) is 0.988. The van der Waals surface area contributed by atoms with Gasteiger partial charge in [0.05, 0.1) is 34.8 Å². The molecule has 2 amide bonds. The maximum Gasteiger partial charge on any atom is 2.00 e. The molecule has 2 N–H and O–H groups in total. The summed E-state index contributed by atoms with van der Waals surface area (Å²) in [5.74, 6) is -3.15. The fraction of sp³-hybridized carbons (Fsp3) is 0.150. The number of hydrogen-bond acceptors (Lipinski definition) is 10. The molecule has 0 atom stereocenters. The van der Waals surface area contributed by atoms with Crippen molar-refractivity contribution in [3.8, 4) is 0 Å². The first-order valence-corrected chi connectivity index (χ1v) is 20.6. The van der Waals surface area contributed by atoms with Crippen molar-refractivity contribution >= 4 is 128 Å². The summed E-state index contributed by atoms with van der Waals surface area (Å²) in [6.07, 6.45) is 4.44. The molecule has 4 aromatic carbocycles. The third-order valence-corrected chi connectivity index (χ3v) is 10.9. The van der Waals surface area contributed by atoms with Crippen molar-refractivity contribution in [2.45, 2.75) is 35.7 Å². The topological polar surface area (TPSA) is 174 Å². The van der Waals surface area contributed by atoms with Gasteiger partial charge in [0.2, 0.25) is 11.8 Å². The van der Waals surface area contributed by atoms with Gasteiger partial charge in [0.1, 0.15) is 11.4 Å². The zero-order valence-electron chi connectivity index (χ0n) is 30.3. The fourth-order valence-corrected chi connectivity index (χ4v) is 6.99. The zero-order valence-corrected chi connectivity index (χ0v) is 37.3. The Bertz CT molecular complexity index is 2080. The van der Waals surface area contributed by atoms with Crippen LogP contribution in [-0.2, 0) is 35.5 Å². The van der Waals surface area contributed by atoms with Crippen LogP contribution in [0.25, 0.3) is 0 Å². The van der Waals surface area contributed by atoms with Gasteiger partial charge in [0.25, 0.3) is 0 Å². The van der Waals surface area contributed by atoms with E-state index in [1.807, 2.05) is 109 Å². The van der Waals surface area contributed by atoms with Crippen LogP contribution in [0.4, 0.5) is 11.4 Å². The Morgan fingerprint density at radius 1 is 0.561 bits per heavy atom. The second kappa shape index (κ2) is 23.5. The van der Waals surface area contributed by atoms with E-state index in [1.165, 1.54) is 45.3 Å². The van der Waals surface area contributed by atoms with Gasteiger partial charge in [0.15, 0.2) is 0 Å². The van der Waals surface area contributed by atoms with Crippen LogP contribution in [0.1, 0.15) is 32.1 Å². The summed E-state index contributed by atoms with van der Waals surface area (Å²) < 4.78 is 4.94. The van der Waals surface area contributed by atoms with Crippen molar-refractivity contribution in [2.24, 2.45) is 0 Å². The number of nitrogens with one attached hydrogen (secondary N) is 2. The van der Waals surface area contributed by atoms with Crippen molar-refractivity contribution in [1.82, 2.24) is 19.6 Å². The largest absolute Gasteiger partial charge is 2.00 e. The molecule has 0 bridgehead atoms. The van der Waals surface area contributed by atoms with E-state index in [1.54, 1.807) is 0 Å². The van der Waals surface area contributed by atoms with Crippen LogP contribution in [0, 0.1) is 0 Å². The van der Waals surface area contributed by atoms with Gasteiger partial charge >= 0.3 is 37.7 Å². The number of amides is 2. The van der Waals surface area contributed by atoms with Crippen LogP contribution in [-0.4, -0.2) is 92.6 Å². The number of hydrogen-bond donors (Lipinski definition) is 2. The van der Waals surface area contributed by atoms with E-state index >= 15 is 0 Å². The second-order valence-corrected chi connectivity index (χ2v) is 15.9. The minimum atomic E-state index is -1.42. The maximum absolute atomic E-state index is 12.2. The Kier molecular flexibility index (Phi) is 18.9. The van der Waals surface area contributed by atoms with Crippen LogP contribution in [0.3, 0.4) is 0 Å². The Hall–Kier alpha value is -3.90. The van der Waals surface area contributed by atoms with E-state index in [0.29, 0.717) is 25.9 Å². The fourth-order valence-electron chi connectivity index (χ4n) is 5.06. The molecule has 0 spiro atoms. The number of carboxylic acid groups (broad SMARTS) is 2. The summed E-state index contributed by atoms with van der Waals surface area (Å²) in [4.78, 5) is 49.0. The smallest absolute Gasteiger partial charge is 0.543 e. The maximum atomic E-state index is 12.2. The van der Waals surface area contributed by atoms with Gasteiger partial charge < -0.3 is 30.4 Å². The zero-order chi connectivity index (χ0) is 39.9. The Morgan fingerprint density at radius 2 is 0.912 bits per heavy atom. The number of halogens is 2. The molecule has 6 rings (SSSR count). The van der Waals surface area contributed by atoms with E-state index in [4.69, 9.17) is 0 Å². The van der Waals surface area contributed by atoms with Gasteiger partial charge in [-0.05, 0) is 72.5 Å². The van der Waals surface area contributed by atoms with E-state index in [-0.39, 0.29) is 83.8 Å². The van der Waals surface area contributed by atoms with Gasteiger partial charge in [-0.3, -0.25) is 19.0 Å². The third-order valence-electron chi connectivity index (χ3n) is 7.77. The number of aryl methyl sites for hydroxylation is 4. The summed E-state index contributed by atoms with van der Waals surface area (Å²) in [5.41, 5.74) is 1.99. The number of aromatic nitrogens is 4. The second-order valence-electron chi connectivity index (χ2n) is 11.9. The van der Waals surface area contributed by atoms with E-state index in [2.05, 4.69) is 52.7 Å². The van der Waals surface area contributed by atoms with Crippen molar-refractivity contribution in [3.05, 3.63) is 153 Å². The number of rotatable bonds is 16. The van der Waals surface area contributed by atoms with Crippen molar-refractivity contribution in [1.29, 1.82) is 0 Å². The molecule has 57 heavy (non-hydrogen) atoms. The number of thioether (sulfide) groups is 2. The molecule has 2 heterocycles. The van der Waals surface area contributed by atoms with Gasteiger partial charge in [0, 0.05) is 44.2 Å². The average molecular weight is 959 g/mol. The van der Waals surface area contributed by atoms with Crippen molar-refractivity contribution in [2.75, 3.05) is 22.1 Å². The molecule has 0 aliphatic rings. The molecule has 17 heteroatoms. The van der Waals surface area contributed by atoms with Crippen LogP contribution in [0.5, 0.6) is 0 Å². The monoisotopic (exact) mass is 956 g/mol. The first kappa shape index (κ1) is 45.8. The summed E-state index contributed by atoms with van der Waals surface area (Å²) >= 11 is 9.45. The molecule has 6 aromatic rings. The number of carboxylic acids is 2. The first-order valence-electron chi connectivity index (χ1n) is 17.0. The molecule has 2 aromatic heterocycles. The molecule has 0 saturated heterocycles. The van der Waals surface area contributed by atoms with Crippen LogP contribution >= 0.6 is 55.4 Å². The van der Waals surface area contributed by atoms with Gasteiger partial charge in [-0.1, -0.05) is 92.5 Å². The quantitative estimate of drug-likeness (QED) is 0.0921. The van der Waals surface area contributed by atoms with Gasteiger partial charge in [-0.2, -0.15) is 10.2 Å². The molecule has 0 aliphatic heterocycles. The molecular weight excluding hydrogens is 924 g/mol. The van der Waals surface area contributed by atoms with Gasteiger partial charge in [-0.15, -0.1) is 23.5 Å². The Morgan fingerprint density at radius 3 is 1.25 bits per heavy atom. The van der Waals surface area contributed by atoms with Crippen molar-refractivity contribution < 1.29 is 29.4 Å². The van der Waals surface area contributed by atoms with E-state index in [9.17, 15) is 29.4 Å². The molecule has 288 valence electrons. The molecule has 0 unspecified atom stereocenters. The number of carbonyl (C=O) groups is 4. The number of aromatic carboxylic acids is 2. The number of benzene rings is 4. The molecule has 0 radical (unpaired) electrons. The molecule has 12 nitrogen and oxygen atoms in total. The van der Waals surface area contributed by atoms with E-state index < -0.39 is 11.9 Å². The number of anilines is 2. The Balaban J connectivity index is 0.000000248. The van der Waals surface area contributed by atoms with Crippen LogP contribution < -0.4 is 20.8 Å². The molecule has 0 fully saturated rings. The van der Waals surface area contributed by atoms with E-state index in [0.717, 1.165) is 29.9 Å². The van der Waals surface area contributed by atoms with Gasteiger partial charge in [-0.25, -0.2) is 0 Å². The van der Waals surface area contributed by atoms with Crippen molar-refractivity contribution in [3.63, 3.8) is 0 Å². The minimum absolute atomic E-state index is 0. The number of nitrogens with zero attached hydrogens (tertiary/aromatic N) is 4. The standard InChI is InChI=1S/2C20H18BrN3O3S.Ca/c2*21-15-6-8-16(9-7-15)28-13-18(25)22-17-12-24(23-19(17)20(26)27)11-10-14-4-2-1-3-5-14;/h2*1-9,12H,10-11,13H2,(H,22,25)(H,26,27);/q;;+2/p-2. The summed E-state index contributed by atoms with van der Waals surface area (Å²) in [6, 6.07) is 34.8. The average Bonchev–Trinajstić information content (AvgIpc) is 3.80. The minimum Gasteiger partial charge on any atom is -0.543 e. The normalized spacial score (nSPS) is 10.4. The summed E-state index contributed by atoms with van der Waals surface area (Å²) in [7, 11) is 0. The predicted molar refractivity (Wildman–Crippen MR) is 226 cm³/mol. The SMILES string of the molecule is O=C(CSc1ccc(Br)cc1)Nc1cn(CCc2ccccc2)nc1C(=O)[O-].O=C(CSc1ccc(Br)cc1)Nc1cn(CCc2ccccc2)nc1C(=O)[O-].[Ca+2]. The molecular formula is C40H34Br2CaN6O6S2. The third kappa shape index (κ3) is 15.4. The first-order chi connectivity index (χ1) is 27.0.